The number of benzene rings is 1. The third-order valence-electron chi connectivity index (χ3n) is 9.71. The number of fused-ring (bicyclic) bond motifs is 4. The van der Waals surface area contributed by atoms with Gasteiger partial charge in [0, 0.05) is 17.5 Å². The van der Waals surface area contributed by atoms with Gasteiger partial charge in [0.2, 0.25) is 0 Å². The summed E-state index contributed by atoms with van der Waals surface area (Å²) in [5.41, 5.74) is 1.09. The minimum absolute atomic E-state index is 0.00820. The summed E-state index contributed by atoms with van der Waals surface area (Å²) in [7, 11) is 0. The predicted molar refractivity (Wildman–Crippen MR) is 130 cm³/mol. The topological polar surface area (TPSA) is 66.8 Å². The Morgan fingerprint density at radius 1 is 1.06 bits per heavy atom. The van der Waals surface area contributed by atoms with Gasteiger partial charge in [0.15, 0.2) is 0 Å². The molecule has 5 fully saturated rings. The fourth-order valence-corrected chi connectivity index (χ4v) is 8.63. The number of piperidine rings is 1. The van der Waals surface area contributed by atoms with Crippen molar-refractivity contribution in [1.29, 1.82) is 0 Å². The van der Waals surface area contributed by atoms with E-state index < -0.39 is 23.7 Å². The second kappa shape index (κ2) is 8.48. The summed E-state index contributed by atoms with van der Waals surface area (Å²) < 4.78 is 21.9. The first-order valence-electron chi connectivity index (χ1n) is 13.7. The van der Waals surface area contributed by atoms with Crippen molar-refractivity contribution >= 4 is 11.9 Å². The molecule has 1 amide bonds. The van der Waals surface area contributed by atoms with E-state index in [0.29, 0.717) is 36.5 Å². The number of halogens is 1. The third-order valence-corrected chi connectivity index (χ3v) is 9.71. The molecular weight excluding hydrogens is 445 g/mol. The Kier molecular flexibility index (Phi) is 5.65. The van der Waals surface area contributed by atoms with Crippen molar-refractivity contribution in [2.45, 2.75) is 96.1 Å². The lowest BCUT2D eigenvalue weighted by atomic mass is 9.57. The summed E-state index contributed by atoms with van der Waals surface area (Å²) in [6, 6.07) is 2.16. The van der Waals surface area contributed by atoms with E-state index in [9.17, 15) is 14.7 Å². The minimum atomic E-state index is -0.977. The molecule has 1 heterocycles. The molecule has 5 nitrogen and oxygen atoms in total. The normalized spacial score (nSPS) is 38.0. The number of hydrogen-bond donors (Lipinski definition) is 1. The lowest BCUT2D eigenvalue weighted by Gasteiger charge is -2.49. The molecule has 1 aromatic rings. The molecule has 1 N–H and O–H groups in total. The molecule has 6 heteroatoms. The summed E-state index contributed by atoms with van der Waals surface area (Å²) in [5, 5.41) is 9.76. The number of carboxylic acid groups (broad SMARTS) is 1. The van der Waals surface area contributed by atoms with Crippen molar-refractivity contribution in [3.8, 4) is 5.75 Å². The van der Waals surface area contributed by atoms with Gasteiger partial charge in [0.25, 0.3) is 5.91 Å². The van der Waals surface area contributed by atoms with E-state index in [2.05, 4.69) is 13.8 Å². The van der Waals surface area contributed by atoms with Crippen molar-refractivity contribution in [2.24, 2.45) is 29.1 Å². The smallest absolute Gasteiger partial charge is 0.326 e. The van der Waals surface area contributed by atoms with Gasteiger partial charge in [-0.2, -0.15) is 0 Å². The van der Waals surface area contributed by atoms with Crippen molar-refractivity contribution in [3.05, 3.63) is 29.1 Å². The minimum Gasteiger partial charge on any atom is -0.493 e. The fraction of sp³-hybridized carbons (Fsp3) is 0.724. The summed E-state index contributed by atoms with van der Waals surface area (Å²) >= 11 is 0. The Morgan fingerprint density at radius 3 is 2.43 bits per heavy atom. The second-order valence-electron chi connectivity index (χ2n) is 12.8. The zero-order valence-corrected chi connectivity index (χ0v) is 21.0. The highest BCUT2D eigenvalue weighted by Crippen LogP contribution is 2.53. The van der Waals surface area contributed by atoms with Crippen molar-refractivity contribution in [2.75, 3.05) is 6.61 Å². The van der Waals surface area contributed by atoms with Gasteiger partial charge in [0.1, 0.15) is 17.6 Å². The van der Waals surface area contributed by atoms with Crippen molar-refractivity contribution in [1.82, 2.24) is 4.90 Å². The van der Waals surface area contributed by atoms with Crippen LogP contribution in [-0.4, -0.2) is 40.6 Å². The van der Waals surface area contributed by atoms with Crippen LogP contribution in [0.15, 0.2) is 12.1 Å². The van der Waals surface area contributed by atoms with Gasteiger partial charge in [-0.1, -0.05) is 13.8 Å². The number of hydrogen-bond acceptors (Lipinski definition) is 3. The third kappa shape index (κ3) is 4.15. The molecule has 1 saturated heterocycles. The van der Waals surface area contributed by atoms with E-state index in [-0.39, 0.29) is 22.9 Å². The number of likely N-dealkylation sites (tertiary alicyclic amines) is 1. The average molecular weight is 484 g/mol. The molecule has 35 heavy (non-hydrogen) atoms. The molecule has 0 radical (unpaired) electrons. The Morgan fingerprint density at radius 2 is 1.77 bits per heavy atom. The maximum absolute atomic E-state index is 15.5. The number of ether oxygens (including phenoxy) is 1. The molecular formula is C29H38FNO4. The van der Waals surface area contributed by atoms with Crippen molar-refractivity contribution in [3.63, 3.8) is 0 Å². The number of carbonyl (C=O) groups excluding carboxylic acids is 1. The van der Waals surface area contributed by atoms with E-state index in [1.54, 1.807) is 6.07 Å². The number of nitrogens with zero attached hydrogens (tertiary/aromatic N) is 1. The number of aliphatic carboxylic acids is 1. The van der Waals surface area contributed by atoms with Crippen LogP contribution in [0.1, 0.15) is 99.9 Å². The van der Waals surface area contributed by atoms with Crippen LogP contribution >= 0.6 is 0 Å². The Bertz CT molecular complexity index is 1020. The lowest BCUT2D eigenvalue weighted by molar-refractivity contribution is -0.143. The zero-order chi connectivity index (χ0) is 24.5. The number of amides is 1. The second-order valence-corrected chi connectivity index (χ2v) is 12.8. The molecule has 4 saturated carbocycles. The first-order chi connectivity index (χ1) is 16.7. The van der Waals surface area contributed by atoms with E-state index in [0.717, 1.165) is 37.2 Å². The van der Waals surface area contributed by atoms with Crippen LogP contribution in [0.2, 0.25) is 0 Å². The van der Waals surface area contributed by atoms with Crippen LogP contribution in [-0.2, 0) is 4.79 Å². The number of carboxylic acids is 1. The van der Waals surface area contributed by atoms with Crippen LogP contribution in [0.5, 0.6) is 5.75 Å². The van der Waals surface area contributed by atoms with Gasteiger partial charge in [-0.25, -0.2) is 9.18 Å². The molecule has 6 rings (SSSR count). The van der Waals surface area contributed by atoms with E-state index in [4.69, 9.17) is 4.74 Å². The highest BCUT2D eigenvalue weighted by molar-refractivity contribution is 5.98. The van der Waals surface area contributed by atoms with Gasteiger partial charge >= 0.3 is 5.97 Å². The van der Waals surface area contributed by atoms with Crippen molar-refractivity contribution < 1.29 is 23.8 Å². The SMILES string of the molecule is CC1CC2CC(C)CC(COc3cc(F)c(C(=O)N4[C@@H]5CC[C@@H](C5)[C@H]4C(=O)O)cc3C3CC3)(C1)C2. The van der Waals surface area contributed by atoms with E-state index >= 15 is 4.39 Å². The first kappa shape index (κ1) is 23.3. The molecule has 5 atom stereocenters. The number of carbonyl (C=O) groups is 2. The molecule has 1 aliphatic heterocycles. The van der Waals surface area contributed by atoms with Gasteiger partial charge in [0.05, 0.1) is 12.2 Å². The average Bonchev–Trinajstić information content (AvgIpc) is 3.42. The summed E-state index contributed by atoms with van der Waals surface area (Å²) in [6.45, 7) is 5.31. The summed E-state index contributed by atoms with van der Waals surface area (Å²) in [6.07, 6.45) is 10.5. The predicted octanol–water partition coefficient (Wildman–Crippen LogP) is 6.01. The highest BCUT2D eigenvalue weighted by atomic mass is 19.1. The van der Waals surface area contributed by atoms with E-state index in [1.807, 2.05) is 0 Å². The maximum Gasteiger partial charge on any atom is 0.326 e. The van der Waals surface area contributed by atoms with Crippen LogP contribution in [0.25, 0.3) is 0 Å². The van der Waals surface area contributed by atoms with Crippen LogP contribution in [0.3, 0.4) is 0 Å². The van der Waals surface area contributed by atoms with Gasteiger partial charge in [-0.05, 0) is 105 Å². The standard InChI is InChI=1S/C29H38FNO4/c1-16-7-18-8-17(2)13-29(12-16,14-18)15-35-25-11-24(30)23(10-22(25)19-3-4-19)27(32)31-21-6-5-20(9-21)26(31)28(33)34/h10-11,16-21,26H,3-9,12-15H2,1-2H3,(H,33,34)/t16?,17?,18?,20-,21+,26-,29?/m0/s1. The Balaban J connectivity index is 1.26. The molecule has 4 bridgehead atoms. The fourth-order valence-electron chi connectivity index (χ4n) is 8.63. The molecule has 4 aliphatic carbocycles. The van der Waals surface area contributed by atoms with Gasteiger partial charge in [-0.3, -0.25) is 4.79 Å². The number of rotatable bonds is 6. The monoisotopic (exact) mass is 483 g/mol. The summed E-state index contributed by atoms with van der Waals surface area (Å²) in [4.78, 5) is 26.9. The van der Waals surface area contributed by atoms with Crippen LogP contribution < -0.4 is 4.74 Å². The van der Waals surface area contributed by atoms with Gasteiger partial charge < -0.3 is 14.7 Å². The molecule has 1 aromatic carbocycles. The summed E-state index contributed by atoms with van der Waals surface area (Å²) in [5.74, 6) is 0.978. The zero-order valence-electron chi connectivity index (χ0n) is 21.0. The molecule has 0 aromatic heterocycles. The Hall–Kier alpha value is -2.11. The maximum atomic E-state index is 15.5. The van der Waals surface area contributed by atoms with E-state index in [1.165, 1.54) is 43.1 Å². The van der Waals surface area contributed by atoms with Crippen LogP contribution in [0, 0.1) is 34.9 Å². The van der Waals surface area contributed by atoms with Gasteiger partial charge in [-0.15, -0.1) is 0 Å². The molecule has 5 aliphatic rings. The molecule has 0 spiro atoms. The molecule has 2 unspecified atom stereocenters. The quantitative estimate of drug-likeness (QED) is 0.538. The Labute approximate surface area is 207 Å². The largest absolute Gasteiger partial charge is 0.493 e. The molecule has 190 valence electrons. The lowest BCUT2D eigenvalue weighted by Crippen LogP contribution is -2.49. The first-order valence-corrected chi connectivity index (χ1v) is 13.7. The highest BCUT2D eigenvalue weighted by Gasteiger charge is 2.52. The van der Waals surface area contributed by atoms with Crippen LogP contribution in [0.4, 0.5) is 4.39 Å².